The summed E-state index contributed by atoms with van der Waals surface area (Å²) in [7, 11) is 1.64. The summed E-state index contributed by atoms with van der Waals surface area (Å²) in [6.45, 7) is 6.70. The number of esters is 1. The Bertz CT molecular complexity index is 498. The van der Waals surface area contributed by atoms with Crippen LogP contribution < -0.4 is 4.74 Å². The number of likely N-dealkylation sites (N-methyl/N-ethyl adjacent to an activating group) is 1. The third-order valence-electron chi connectivity index (χ3n) is 3.73. The Morgan fingerprint density at radius 1 is 1.13 bits per heavy atom. The monoisotopic (exact) mass is 321 g/mol. The van der Waals surface area contributed by atoms with Crippen molar-refractivity contribution in [2.45, 2.75) is 46.1 Å². The molecule has 0 bridgehead atoms. The molecule has 0 aliphatic rings. The second-order valence-electron chi connectivity index (χ2n) is 5.39. The molecule has 23 heavy (non-hydrogen) atoms. The largest absolute Gasteiger partial charge is 0.497 e. The molecule has 0 aliphatic carbocycles. The maximum absolute atomic E-state index is 12.3. The van der Waals surface area contributed by atoms with E-state index in [4.69, 9.17) is 9.47 Å². The molecule has 1 unspecified atom stereocenters. The van der Waals surface area contributed by atoms with Gasteiger partial charge in [-0.25, -0.2) is 0 Å². The minimum atomic E-state index is -0.320. The van der Waals surface area contributed by atoms with Crippen molar-refractivity contribution < 1.29 is 19.1 Å². The predicted octanol–water partition coefficient (Wildman–Crippen LogP) is 2.82. The molecule has 1 atom stereocenters. The van der Waals surface area contributed by atoms with E-state index in [1.807, 2.05) is 43.0 Å². The summed E-state index contributed by atoms with van der Waals surface area (Å²) in [4.78, 5) is 25.5. The molecule has 1 amide bonds. The first-order valence-electron chi connectivity index (χ1n) is 8.09. The molecular formula is C18H27NO4. The summed E-state index contributed by atoms with van der Waals surface area (Å²) in [5.74, 6) is 0.487. The lowest BCUT2D eigenvalue weighted by atomic mass is 10.1. The van der Waals surface area contributed by atoms with Crippen LogP contribution >= 0.6 is 0 Å². The van der Waals surface area contributed by atoms with Gasteiger partial charge in [0.2, 0.25) is 5.91 Å². The molecule has 0 aromatic heterocycles. The Labute approximate surface area is 138 Å². The number of methoxy groups -OCH3 is 1. The molecule has 1 aromatic rings. The van der Waals surface area contributed by atoms with Gasteiger partial charge in [-0.3, -0.25) is 9.59 Å². The second kappa shape index (κ2) is 9.87. The lowest BCUT2D eigenvalue weighted by Crippen LogP contribution is -2.39. The van der Waals surface area contributed by atoms with Gasteiger partial charge in [0.05, 0.1) is 20.1 Å². The smallest absolute Gasteiger partial charge is 0.306 e. The average molecular weight is 321 g/mol. The van der Waals surface area contributed by atoms with Crippen molar-refractivity contribution >= 4 is 11.9 Å². The number of amides is 1. The normalized spacial score (nSPS) is 11.7. The van der Waals surface area contributed by atoms with E-state index in [1.165, 1.54) is 0 Å². The van der Waals surface area contributed by atoms with Crippen molar-refractivity contribution in [2.75, 3.05) is 20.3 Å². The first-order chi connectivity index (χ1) is 11.0. The lowest BCUT2D eigenvalue weighted by molar-refractivity contribution is -0.146. The van der Waals surface area contributed by atoms with Gasteiger partial charge in [-0.05, 0) is 44.9 Å². The fraction of sp³-hybridized carbons (Fsp3) is 0.556. The zero-order valence-electron chi connectivity index (χ0n) is 14.5. The highest BCUT2D eigenvalue weighted by Crippen LogP contribution is 2.15. The zero-order chi connectivity index (χ0) is 17.2. The summed E-state index contributed by atoms with van der Waals surface area (Å²) in [5, 5.41) is 0. The molecule has 1 aromatic carbocycles. The van der Waals surface area contributed by atoms with Crippen molar-refractivity contribution in [1.82, 2.24) is 4.90 Å². The van der Waals surface area contributed by atoms with E-state index in [0.717, 1.165) is 17.7 Å². The quantitative estimate of drug-likeness (QED) is 0.656. The topological polar surface area (TPSA) is 55.8 Å². The third kappa shape index (κ3) is 6.30. The first-order valence-corrected chi connectivity index (χ1v) is 8.09. The van der Waals surface area contributed by atoms with Crippen molar-refractivity contribution in [3.63, 3.8) is 0 Å². The van der Waals surface area contributed by atoms with Crippen LogP contribution in [0.5, 0.6) is 5.75 Å². The highest BCUT2D eigenvalue weighted by molar-refractivity contribution is 5.81. The molecule has 0 aliphatic heterocycles. The van der Waals surface area contributed by atoms with Gasteiger partial charge < -0.3 is 14.4 Å². The van der Waals surface area contributed by atoms with Gasteiger partial charge in [0.15, 0.2) is 0 Å². The molecule has 1 rings (SSSR count). The highest BCUT2D eigenvalue weighted by atomic mass is 16.5. The summed E-state index contributed by atoms with van der Waals surface area (Å²) in [5.41, 5.74) is 1.15. The summed E-state index contributed by atoms with van der Waals surface area (Å²) >= 11 is 0. The Balaban J connectivity index is 2.57. The molecule has 5 nitrogen and oxygen atoms in total. The van der Waals surface area contributed by atoms with E-state index < -0.39 is 0 Å². The van der Waals surface area contributed by atoms with Crippen molar-refractivity contribution in [3.8, 4) is 5.75 Å². The first kappa shape index (κ1) is 19.0. The van der Waals surface area contributed by atoms with Crippen LogP contribution in [0.25, 0.3) is 0 Å². The van der Waals surface area contributed by atoms with Crippen molar-refractivity contribution in [3.05, 3.63) is 29.8 Å². The van der Waals surface area contributed by atoms with Crippen molar-refractivity contribution in [1.29, 1.82) is 0 Å². The SMILES string of the molecule is CCOC(=O)CCC(=O)N(CC)C(C)Cc1ccc(OC)cc1. The number of hydrogen-bond acceptors (Lipinski definition) is 4. The maximum atomic E-state index is 12.3. The van der Waals surface area contributed by atoms with Gasteiger partial charge in [0, 0.05) is 19.0 Å². The molecule has 0 saturated heterocycles. The predicted molar refractivity (Wildman–Crippen MR) is 89.4 cm³/mol. The van der Waals surface area contributed by atoms with Crippen LogP contribution in [0.4, 0.5) is 0 Å². The van der Waals surface area contributed by atoms with Gasteiger partial charge in [-0.2, -0.15) is 0 Å². The number of ether oxygens (including phenoxy) is 2. The molecule has 0 saturated carbocycles. The van der Waals surface area contributed by atoms with Crippen LogP contribution in [0.2, 0.25) is 0 Å². The number of carbonyl (C=O) groups excluding carboxylic acids is 2. The summed E-state index contributed by atoms with van der Waals surface area (Å²) < 4.78 is 10.0. The van der Waals surface area contributed by atoms with Crippen LogP contribution in [0, 0.1) is 0 Å². The average Bonchev–Trinajstić information content (AvgIpc) is 2.54. The zero-order valence-corrected chi connectivity index (χ0v) is 14.5. The Hall–Kier alpha value is -2.04. The van der Waals surface area contributed by atoms with Crippen molar-refractivity contribution in [2.24, 2.45) is 0 Å². The van der Waals surface area contributed by atoms with E-state index in [1.54, 1.807) is 14.0 Å². The highest BCUT2D eigenvalue weighted by Gasteiger charge is 2.19. The lowest BCUT2D eigenvalue weighted by Gasteiger charge is -2.28. The standard InChI is InChI=1S/C18H27NO4/c1-5-19(17(20)11-12-18(21)23-6-2)14(3)13-15-7-9-16(22-4)10-8-15/h7-10,14H,5-6,11-13H2,1-4H3. The van der Waals surface area contributed by atoms with E-state index in [0.29, 0.717) is 13.2 Å². The van der Waals surface area contributed by atoms with Gasteiger partial charge in [-0.15, -0.1) is 0 Å². The van der Waals surface area contributed by atoms with Gasteiger partial charge in [-0.1, -0.05) is 12.1 Å². The van der Waals surface area contributed by atoms with Gasteiger partial charge in [0.25, 0.3) is 0 Å². The molecule has 128 valence electrons. The Morgan fingerprint density at radius 3 is 2.30 bits per heavy atom. The van der Waals surface area contributed by atoms with Crippen LogP contribution in [-0.2, 0) is 20.7 Å². The second-order valence-corrected chi connectivity index (χ2v) is 5.39. The Morgan fingerprint density at radius 2 is 1.78 bits per heavy atom. The number of nitrogens with zero attached hydrogens (tertiary/aromatic N) is 1. The summed E-state index contributed by atoms with van der Waals surface area (Å²) in [6, 6.07) is 7.92. The van der Waals surface area contributed by atoms with Crippen LogP contribution in [0.1, 0.15) is 39.2 Å². The molecule has 0 N–H and O–H groups in total. The molecule has 0 spiro atoms. The number of benzene rings is 1. The fourth-order valence-corrected chi connectivity index (χ4v) is 2.53. The molecular weight excluding hydrogens is 294 g/mol. The number of carbonyl (C=O) groups is 2. The van der Waals surface area contributed by atoms with Crippen LogP contribution in [0.3, 0.4) is 0 Å². The van der Waals surface area contributed by atoms with Gasteiger partial charge >= 0.3 is 5.97 Å². The number of hydrogen-bond donors (Lipinski definition) is 0. The molecule has 0 radical (unpaired) electrons. The van der Waals surface area contributed by atoms with Crippen LogP contribution in [-0.4, -0.2) is 43.1 Å². The molecule has 0 heterocycles. The van der Waals surface area contributed by atoms with Crippen LogP contribution in [0.15, 0.2) is 24.3 Å². The van der Waals surface area contributed by atoms with E-state index in [9.17, 15) is 9.59 Å². The summed E-state index contributed by atoms with van der Waals surface area (Å²) in [6.07, 6.45) is 1.10. The molecule has 5 heteroatoms. The maximum Gasteiger partial charge on any atom is 0.306 e. The Kier molecular flexibility index (Phi) is 8.16. The fourth-order valence-electron chi connectivity index (χ4n) is 2.53. The van der Waals surface area contributed by atoms with E-state index in [2.05, 4.69) is 0 Å². The minimum Gasteiger partial charge on any atom is -0.497 e. The number of rotatable bonds is 9. The third-order valence-corrected chi connectivity index (χ3v) is 3.73. The van der Waals surface area contributed by atoms with E-state index in [-0.39, 0.29) is 30.8 Å². The molecule has 0 fully saturated rings. The minimum absolute atomic E-state index is 0.0124. The van der Waals surface area contributed by atoms with Gasteiger partial charge in [0.1, 0.15) is 5.75 Å². The van der Waals surface area contributed by atoms with E-state index >= 15 is 0 Å².